The van der Waals surface area contributed by atoms with Gasteiger partial charge in [-0.1, -0.05) is 108 Å². The number of aromatic nitrogens is 1. The molecule has 1 heterocycles. The standard InChI is InChI=1S/C41H40N2OS/c1-26-15-17-27(18-16-26)28-11-10-12-29(21-28)34-23-32(41(5,6)7)24-37-38(34)43-39(45-37)33-13-8-9-14-35(33)42-25-30-22-31(40(2,3)4)19-20-36(30)44/h8-25,44H,1-7H3. The summed E-state index contributed by atoms with van der Waals surface area (Å²) >= 11 is 1.70. The molecule has 0 saturated heterocycles. The fraction of sp³-hybridized carbons (Fsp3) is 0.220. The van der Waals surface area contributed by atoms with Crippen LogP contribution in [0.2, 0.25) is 0 Å². The number of para-hydroxylation sites is 1. The topological polar surface area (TPSA) is 45.5 Å². The Labute approximate surface area is 271 Å². The molecule has 0 atom stereocenters. The summed E-state index contributed by atoms with van der Waals surface area (Å²) in [6.45, 7) is 15.4. The van der Waals surface area contributed by atoms with Crippen molar-refractivity contribution in [1.82, 2.24) is 4.98 Å². The van der Waals surface area contributed by atoms with Gasteiger partial charge in [0.25, 0.3) is 0 Å². The third-order valence-corrected chi connectivity index (χ3v) is 9.33. The van der Waals surface area contributed by atoms with Crippen LogP contribution in [0.3, 0.4) is 0 Å². The van der Waals surface area contributed by atoms with E-state index in [1.807, 2.05) is 30.3 Å². The number of aliphatic imine (C=N–C) groups is 1. The highest BCUT2D eigenvalue weighted by atomic mass is 32.1. The molecule has 5 aromatic carbocycles. The second-order valence-corrected chi connectivity index (χ2v) is 14.9. The van der Waals surface area contributed by atoms with Crippen LogP contribution in [-0.4, -0.2) is 16.3 Å². The maximum atomic E-state index is 10.6. The minimum absolute atomic E-state index is 0.0204. The highest BCUT2D eigenvalue weighted by molar-refractivity contribution is 7.21. The first-order valence-electron chi connectivity index (χ1n) is 15.5. The van der Waals surface area contributed by atoms with Crippen LogP contribution in [0.4, 0.5) is 5.69 Å². The third-order valence-electron chi connectivity index (χ3n) is 8.29. The summed E-state index contributed by atoms with van der Waals surface area (Å²) in [7, 11) is 0. The fourth-order valence-corrected chi connectivity index (χ4v) is 6.51. The van der Waals surface area contributed by atoms with Crippen molar-refractivity contribution in [2.24, 2.45) is 4.99 Å². The lowest BCUT2D eigenvalue weighted by atomic mass is 9.85. The summed E-state index contributed by atoms with van der Waals surface area (Å²) < 4.78 is 1.16. The van der Waals surface area contributed by atoms with Gasteiger partial charge < -0.3 is 5.11 Å². The van der Waals surface area contributed by atoms with Crippen molar-refractivity contribution in [3.63, 3.8) is 0 Å². The SMILES string of the molecule is Cc1ccc(-c2cccc(-c3cc(C(C)(C)C)cc4sc(-c5ccccc5N=Cc5cc(C(C)(C)C)ccc5O)nc34)c2)cc1. The lowest BCUT2D eigenvalue weighted by molar-refractivity contribution is 0.473. The number of nitrogens with zero attached hydrogens (tertiary/aromatic N) is 2. The Balaban J connectivity index is 1.46. The Kier molecular flexibility index (Phi) is 7.96. The zero-order valence-corrected chi connectivity index (χ0v) is 28.0. The molecule has 0 radical (unpaired) electrons. The molecule has 0 aliphatic heterocycles. The molecule has 0 spiro atoms. The van der Waals surface area contributed by atoms with E-state index < -0.39 is 0 Å². The molecule has 226 valence electrons. The molecular formula is C41H40N2OS. The normalized spacial score (nSPS) is 12.3. The number of thiazole rings is 1. The van der Waals surface area contributed by atoms with Gasteiger partial charge in [0.05, 0.1) is 15.9 Å². The van der Waals surface area contributed by atoms with Gasteiger partial charge in [0.2, 0.25) is 0 Å². The number of rotatable bonds is 5. The minimum atomic E-state index is -0.0293. The van der Waals surface area contributed by atoms with Crippen LogP contribution in [0.5, 0.6) is 5.75 Å². The molecule has 0 fully saturated rings. The summed E-state index contributed by atoms with van der Waals surface area (Å²) in [4.78, 5) is 10.1. The van der Waals surface area contributed by atoms with Gasteiger partial charge in [-0.05, 0) is 88.0 Å². The second kappa shape index (κ2) is 11.8. The van der Waals surface area contributed by atoms with Crippen LogP contribution < -0.4 is 0 Å². The van der Waals surface area contributed by atoms with E-state index in [2.05, 4.69) is 115 Å². The highest BCUT2D eigenvalue weighted by Gasteiger charge is 2.21. The van der Waals surface area contributed by atoms with Gasteiger partial charge in [-0.15, -0.1) is 11.3 Å². The predicted octanol–water partition coefficient (Wildman–Crippen LogP) is 11.7. The van der Waals surface area contributed by atoms with Gasteiger partial charge in [0.1, 0.15) is 10.8 Å². The number of aromatic hydroxyl groups is 1. The summed E-state index contributed by atoms with van der Waals surface area (Å²) in [5.74, 6) is 0.219. The average Bonchev–Trinajstić information content (AvgIpc) is 3.44. The van der Waals surface area contributed by atoms with Gasteiger partial charge in [0.15, 0.2) is 0 Å². The van der Waals surface area contributed by atoms with Crippen molar-refractivity contribution >= 4 is 33.5 Å². The zero-order chi connectivity index (χ0) is 31.9. The fourth-order valence-electron chi connectivity index (χ4n) is 5.44. The van der Waals surface area contributed by atoms with Gasteiger partial charge in [-0.25, -0.2) is 4.98 Å². The molecule has 6 rings (SSSR count). The van der Waals surface area contributed by atoms with Crippen LogP contribution in [0.25, 0.3) is 43.0 Å². The molecule has 1 N–H and O–H groups in total. The molecule has 0 saturated carbocycles. The number of aryl methyl sites for hydroxylation is 1. The average molecular weight is 609 g/mol. The maximum Gasteiger partial charge on any atom is 0.126 e. The Morgan fingerprint density at radius 2 is 1.38 bits per heavy atom. The van der Waals surface area contributed by atoms with Crippen molar-refractivity contribution in [1.29, 1.82) is 0 Å². The number of benzene rings is 5. The first-order chi connectivity index (χ1) is 21.4. The second-order valence-electron chi connectivity index (χ2n) is 13.9. The number of hydrogen-bond donors (Lipinski definition) is 1. The molecule has 0 aliphatic carbocycles. The molecule has 4 heteroatoms. The van der Waals surface area contributed by atoms with Gasteiger partial charge in [-0.3, -0.25) is 4.99 Å². The van der Waals surface area contributed by atoms with Crippen molar-refractivity contribution in [2.45, 2.75) is 59.3 Å². The highest BCUT2D eigenvalue weighted by Crippen LogP contribution is 2.42. The van der Waals surface area contributed by atoms with E-state index >= 15 is 0 Å². The predicted molar refractivity (Wildman–Crippen MR) is 193 cm³/mol. The van der Waals surface area contributed by atoms with Crippen molar-refractivity contribution in [3.8, 4) is 38.6 Å². The van der Waals surface area contributed by atoms with E-state index in [-0.39, 0.29) is 16.6 Å². The van der Waals surface area contributed by atoms with Gasteiger partial charge >= 0.3 is 0 Å². The van der Waals surface area contributed by atoms with E-state index in [4.69, 9.17) is 9.98 Å². The number of fused-ring (bicyclic) bond motifs is 1. The molecular weight excluding hydrogens is 569 g/mol. The van der Waals surface area contributed by atoms with Crippen LogP contribution in [0, 0.1) is 6.92 Å². The minimum Gasteiger partial charge on any atom is -0.507 e. The third kappa shape index (κ3) is 6.48. The first-order valence-corrected chi connectivity index (χ1v) is 16.3. The quantitative estimate of drug-likeness (QED) is 0.198. The van der Waals surface area contributed by atoms with Crippen LogP contribution in [-0.2, 0) is 10.8 Å². The number of phenolic OH excluding ortho intramolecular Hbond substituents is 1. The monoisotopic (exact) mass is 608 g/mol. The van der Waals surface area contributed by atoms with E-state index in [9.17, 15) is 5.11 Å². The Morgan fingerprint density at radius 1 is 0.667 bits per heavy atom. The lowest BCUT2D eigenvalue weighted by Crippen LogP contribution is -2.11. The van der Waals surface area contributed by atoms with E-state index in [1.165, 1.54) is 22.3 Å². The molecule has 0 amide bonds. The van der Waals surface area contributed by atoms with Gasteiger partial charge in [-0.2, -0.15) is 0 Å². The van der Waals surface area contributed by atoms with Crippen molar-refractivity contribution in [3.05, 3.63) is 125 Å². The number of hydrogen-bond acceptors (Lipinski definition) is 4. The molecule has 45 heavy (non-hydrogen) atoms. The smallest absolute Gasteiger partial charge is 0.126 e. The first kappa shape index (κ1) is 30.5. The van der Waals surface area contributed by atoms with Crippen LogP contribution in [0.1, 0.15) is 63.8 Å². The maximum absolute atomic E-state index is 10.6. The lowest BCUT2D eigenvalue weighted by Gasteiger charge is -2.20. The summed E-state index contributed by atoms with van der Waals surface area (Å²) in [5, 5.41) is 11.5. The summed E-state index contributed by atoms with van der Waals surface area (Å²) in [6, 6.07) is 36.0. The van der Waals surface area contributed by atoms with E-state index in [0.29, 0.717) is 5.56 Å². The molecule has 0 aliphatic rings. The van der Waals surface area contributed by atoms with Crippen LogP contribution in [0.15, 0.2) is 108 Å². The molecule has 0 bridgehead atoms. The summed E-state index contributed by atoms with van der Waals surface area (Å²) in [5.41, 5.74) is 11.8. The molecule has 0 unspecified atom stereocenters. The molecule has 3 nitrogen and oxygen atoms in total. The van der Waals surface area contributed by atoms with Crippen molar-refractivity contribution < 1.29 is 5.11 Å². The Morgan fingerprint density at radius 3 is 2.11 bits per heavy atom. The largest absolute Gasteiger partial charge is 0.507 e. The Bertz CT molecular complexity index is 2040. The number of phenols is 1. The molecule has 6 aromatic rings. The van der Waals surface area contributed by atoms with Crippen LogP contribution >= 0.6 is 11.3 Å². The zero-order valence-electron chi connectivity index (χ0n) is 27.1. The van der Waals surface area contributed by atoms with Gasteiger partial charge in [0, 0.05) is 22.9 Å². The van der Waals surface area contributed by atoms with E-state index in [1.54, 1.807) is 23.6 Å². The summed E-state index contributed by atoms with van der Waals surface area (Å²) in [6.07, 6.45) is 1.76. The van der Waals surface area contributed by atoms with Crippen molar-refractivity contribution in [2.75, 3.05) is 0 Å². The molecule has 1 aromatic heterocycles. The Hall–Kier alpha value is -4.54. The van der Waals surface area contributed by atoms with E-state index in [0.717, 1.165) is 43.2 Å².